The summed E-state index contributed by atoms with van der Waals surface area (Å²) >= 11 is 0. The van der Waals surface area contributed by atoms with Gasteiger partial charge in [-0.05, 0) is 11.1 Å². The van der Waals surface area contributed by atoms with Crippen molar-refractivity contribution in [3.05, 3.63) is 71.8 Å². The van der Waals surface area contributed by atoms with Gasteiger partial charge in [-0.2, -0.15) is 10.5 Å². The monoisotopic (exact) mass is 518 g/mol. The molecule has 192 valence electrons. The summed E-state index contributed by atoms with van der Waals surface area (Å²) in [5.41, 5.74) is 0.895. The van der Waals surface area contributed by atoms with Crippen molar-refractivity contribution in [2.24, 2.45) is 0 Å². The average Bonchev–Trinajstić information content (AvgIpc) is 2.89. The fourth-order valence-electron chi connectivity index (χ4n) is 3.79. The molecule has 1 aliphatic carbocycles. The van der Waals surface area contributed by atoms with E-state index in [1.165, 1.54) is 0 Å². The highest BCUT2D eigenvalue weighted by Gasteiger charge is 2.52. The second kappa shape index (κ2) is 12.5. The van der Waals surface area contributed by atoms with Crippen LogP contribution in [0.1, 0.15) is 36.2 Å². The lowest BCUT2D eigenvalue weighted by molar-refractivity contribution is -0.221. The van der Waals surface area contributed by atoms with Gasteiger partial charge in [-0.1, -0.05) is 60.7 Å². The number of aliphatic hydroxyl groups excluding tert-OH is 5. The summed E-state index contributed by atoms with van der Waals surface area (Å²) in [5.74, 6) is 0. The molecule has 8 atom stereocenters. The van der Waals surface area contributed by atoms with E-state index >= 15 is 0 Å². The van der Waals surface area contributed by atoms with E-state index in [9.17, 15) is 40.6 Å². The number of hydrogen-bond acceptors (Lipinski definition) is 11. The number of aliphatic hydroxyl groups is 5. The highest BCUT2D eigenvalue weighted by molar-refractivity contribution is 7.48. The van der Waals surface area contributed by atoms with Crippen LogP contribution < -0.4 is 0 Å². The van der Waals surface area contributed by atoms with Crippen LogP contribution in [0.25, 0.3) is 0 Å². The Bertz CT molecular complexity index is 1030. The molecule has 0 spiro atoms. The van der Waals surface area contributed by atoms with E-state index in [1.807, 2.05) is 12.1 Å². The molecule has 1 fully saturated rings. The minimum Gasteiger partial charge on any atom is -0.387 e. The predicted octanol–water partition coefficient (Wildman–Crippen LogP) is 1.64. The number of phosphoric ester groups is 1. The Morgan fingerprint density at radius 3 is 1.42 bits per heavy atom. The molecule has 1 aliphatic rings. The zero-order valence-corrected chi connectivity index (χ0v) is 19.9. The van der Waals surface area contributed by atoms with Crippen molar-refractivity contribution < 1.29 is 43.7 Å². The number of phosphoric acid groups is 1. The zero-order valence-electron chi connectivity index (χ0n) is 19.0. The lowest BCUT2D eigenvalue weighted by Crippen LogP contribution is -2.64. The van der Waals surface area contributed by atoms with Gasteiger partial charge in [-0.3, -0.25) is 13.6 Å². The summed E-state index contributed by atoms with van der Waals surface area (Å²) in [6, 6.07) is 20.4. The molecule has 0 amide bonds. The third kappa shape index (κ3) is 6.55. The Hall–Kier alpha value is -2.67. The van der Waals surface area contributed by atoms with Crippen molar-refractivity contribution in [2.45, 2.75) is 61.7 Å². The minimum absolute atomic E-state index is 0.283. The van der Waals surface area contributed by atoms with E-state index in [1.54, 1.807) is 60.7 Å². The summed E-state index contributed by atoms with van der Waals surface area (Å²) in [7, 11) is -4.86. The van der Waals surface area contributed by atoms with Gasteiger partial charge in [0.2, 0.25) is 0 Å². The van der Waals surface area contributed by atoms with E-state index in [4.69, 9.17) is 13.6 Å². The summed E-state index contributed by atoms with van der Waals surface area (Å²) in [5, 5.41) is 69.5. The third-order valence-corrected chi connectivity index (χ3v) is 7.26. The smallest absolute Gasteiger partial charge is 0.387 e. The summed E-state index contributed by atoms with van der Waals surface area (Å²) < 4.78 is 30.9. The molecule has 0 aromatic heterocycles. The summed E-state index contributed by atoms with van der Waals surface area (Å²) in [6.45, 7) is 0. The highest BCUT2D eigenvalue weighted by Crippen LogP contribution is 2.59. The van der Waals surface area contributed by atoms with Crippen molar-refractivity contribution in [3.8, 4) is 12.1 Å². The molecule has 1 saturated carbocycles. The number of rotatable bonds is 10. The van der Waals surface area contributed by atoms with Crippen molar-refractivity contribution in [1.29, 1.82) is 10.5 Å². The lowest BCUT2D eigenvalue weighted by atomic mass is 9.85. The number of nitrogens with zero attached hydrogens (tertiary/aromatic N) is 2. The number of nitriles is 2. The Balaban J connectivity index is 2.00. The zero-order chi connectivity index (χ0) is 26.3. The Kier molecular flexibility index (Phi) is 9.71. The van der Waals surface area contributed by atoms with Gasteiger partial charge >= 0.3 is 7.82 Å². The van der Waals surface area contributed by atoms with E-state index < -0.39 is 56.7 Å². The van der Waals surface area contributed by atoms with Gasteiger partial charge in [0.1, 0.15) is 48.8 Å². The first-order valence-electron chi connectivity index (χ1n) is 11.1. The Labute approximate surface area is 208 Å². The Morgan fingerprint density at radius 2 is 1.06 bits per heavy atom. The molecule has 0 aliphatic heterocycles. The lowest BCUT2D eigenvalue weighted by Gasteiger charge is -2.42. The topological polar surface area (TPSA) is 193 Å². The molecule has 0 bridgehead atoms. The van der Waals surface area contributed by atoms with E-state index in [-0.39, 0.29) is 12.8 Å². The molecular weight excluding hydrogens is 491 g/mol. The molecule has 11 nitrogen and oxygen atoms in total. The van der Waals surface area contributed by atoms with Gasteiger partial charge in [0.25, 0.3) is 0 Å². The largest absolute Gasteiger partial charge is 0.476 e. The predicted molar refractivity (Wildman–Crippen MR) is 124 cm³/mol. The van der Waals surface area contributed by atoms with E-state index in [0.29, 0.717) is 11.1 Å². The van der Waals surface area contributed by atoms with Gasteiger partial charge in [0.05, 0.1) is 25.0 Å². The first kappa shape index (κ1) is 27.9. The van der Waals surface area contributed by atoms with Crippen LogP contribution in [0.3, 0.4) is 0 Å². The second-order valence-electron chi connectivity index (χ2n) is 8.20. The van der Waals surface area contributed by atoms with Crippen molar-refractivity contribution in [3.63, 3.8) is 0 Å². The minimum atomic E-state index is -4.86. The third-order valence-electron chi connectivity index (χ3n) is 5.73. The van der Waals surface area contributed by atoms with Gasteiger partial charge in [0.15, 0.2) is 0 Å². The molecule has 0 saturated heterocycles. The van der Waals surface area contributed by atoms with Crippen LogP contribution in [0, 0.1) is 22.7 Å². The van der Waals surface area contributed by atoms with Crippen LogP contribution in [0.15, 0.2) is 60.7 Å². The molecule has 0 radical (unpaired) electrons. The van der Waals surface area contributed by atoms with Crippen molar-refractivity contribution in [2.75, 3.05) is 0 Å². The van der Waals surface area contributed by atoms with Gasteiger partial charge in [-0.25, -0.2) is 4.57 Å². The van der Waals surface area contributed by atoms with Crippen LogP contribution in [-0.2, 0) is 18.1 Å². The maximum Gasteiger partial charge on any atom is 0.476 e. The second-order valence-corrected chi connectivity index (χ2v) is 9.73. The van der Waals surface area contributed by atoms with E-state index in [0.717, 1.165) is 0 Å². The van der Waals surface area contributed by atoms with Gasteiger partial charge in [-0.15, -0.1) is 0 Å². The normalized spacial score (nSPS) is 28.0. The maximum atomic E-state index is 14.1. The fourth-order valence-corrected chi connectivity index (χ4v) is 5.50. The molecule has 2 unspecified atom stereocenters. The number of benzene rings is 2. The quantitative estimate of drug-likeness (QED) is 0.287. The first-order valence-corrected chi connectivity index (χ1v) is 12.6. The summed E-state index contributed by atoms with van der Waals surface area (Å²) in [6.07, 6.45) is -14.5. The van der Waals surface area contributed by atoms with Crippen molar-refractivity contribution >= 4 is 7.82 Å². The van der Waals surface area contributed by atoms with Crippen LogP contribution in [0.2, 0.25) is 0 Å². The molecule has 5 N–H and O–H groups in total. The molecule has 3 rings (SSSR count). The average molecular weight is 518 g/mol. The molecular formula is C24H27N2O9P. The standard InChI is InChI=1S/C24H27N2O9P/c25-13-11-17(15-7-3-1-4-8-15)33-36(32,34-18(12-14-26)16-9-5-2-6-10-16)35-24-22(30)20(28)19(27)21(29)23(24)31/h1-10,17-24,27-31H,11-12H2/t17-,18-,19?,20-,21+,22-,23-,24?/m1/s1. The SMILES string of the molecule is N#CC[C@@H](OP(=O)(OC1[C@H](O)[C@H](O)C(O)[C@H](O)[C@H]1O)O[C@H](CC#N)c1ccccc1)c1ccccc1. The Morgan fingerprint density at radius 1 is 0.694 bits per heavy atom. The molecule has 36 heavy (non-hydrogen) atoms. The molecule has 2 aromatic rings. The first-order chi connectivity index (χ1) is 17.2. The molecule has 12 heteroatoms. The van der Waals surface area contributed by atoms with Gasteiger partial charge < -0.3 is 25.5 Å². The highest BCUT2D eigenvalue weighted by atomic mass is 31.2. The van der Waals surface area contributed by atoms with E-state index in [2.05, 4.69) is 0 Å². The summed E-state index contributed by atoms with van der Waals surface area (Å²) in [4.78, 5) is 0. The fraction of sp³-hybridized carbons (Fsp3) is 0.417. The van der Waals surface area contributed by atoms with Crippen LogP contribution in [0.4, 0.5) is 0 Å². The van der Waals surface area contributed by atoms with Crippen LogP contribution >= 0.6 is 7.82 Å². The molecule has 2 aromatic carbocycles. The number of hydrogen-bond donors (Lipinski definition) is 5. The molecule has 0 heterocycles. The van der Waals surface area contributed by atoms with Crippen LogP contribution in [-0.4, -0.2) is 62.2 Å². The maximum absolute atomic E-state index is 14.1. The van der Waals surface area contributed by atoms with Crippen LogP contribution in [0.5, 0.6) is 0 Å². The van der Waals surface area contributed by atoms with Gasteiger partial charge in [0, 0.05) is 0 Å². The van der Waals surface area contributed by atoms with Crippen molar-refractivity contribution in [1.82, 2.24) is 0 Å².